The van der Waals surface area contributed by atoms with Crippen molar-refractivity contribution in [3.8, 4) is 11.8 Å². The van der Waals surface area contributed by atoms with Crippen LogP contribution in [0.2, 0.25) is 5.15 Å². The molecule has 2 aromatic rings. The number of nitrogens with zero attached hydrogens (tertiary/aromatic N) is 3. The third kappa shape index (κ3) is 2.49. The average Bonchev–Trinajstić information content (AvgIpc) is 3.22. The van der Waals surface area contributed by atoms with Crippen LogP contribution < -0.4 is 0 Å². The molecule has 1 aliphatic carbocycles. The van der Waals surface area contributed by atoms with Crippen LogP contribution in [0, 0.1) is 11.3 Å². The lowest BCUT2D eigenvalue weighted by molar-refractivity contribution is -0.137. The van der Waals surface area contributed by atoms with E-state index in [1.54, 1.807) is 0 Å². The number of nitriles is 1. The van der Waals surface area contributed by atoms with E-state index in [0.29, 0.717) is 16.9 Å². The highest BCUT2D eigenvalue weighted by atomic mass is 35.5. The summed E-state index contributed by atoms with van der Waals surface area (Å²) in [7, 11) is 0. The summed E-state index contributed by atoms with van der Waals surface area (Å²) in [5.74, 6) is 0.229. The van der Waals surface area contributed by atoms with E-state index in [4.69, 9.17) is 16.9 Å². The second-order valence-electron chi connectivity index (χ2n) is 4.89. The number of rotatable bonds is 2. The number of hydrogen-bond donors (Lipinski definition) is 0. The Balaban J connectivity index is 2.03. The summed E-state index contributed by atoms with van der Waals surface area (Å²) in [5.41, 5.74) is 0.593. The van der Waals surface area contributed by atoms with Crippen LogP contribution in [0.4, 0.5) is 13.2 Å². The second kappa shape index (κ2) is 4.78. The highest BCUT2D eigenvalue weighted by Crippen LogP contribution is 2.42. The molecule has 0 spiro atoms. The fraction of sp³-hybridized carbons (Fsp3) is 0.286. The first-order valence-corrected chi connectivity index (χ1v) is 6.65. The highest BCUT2D eigenvalue weighted by Gasteiger charge is 2.32. The molecule has 7 heteroatoms. The van der Waals surface area contributed by atoms with Gasteiger partial charge in [-0.1, -0.05) is 11.6 Å². The van der Waals surface area contributed by atoms with Crippen LogP contribution in [0.3, 0.4) is 0 Å². The lowest BCUT2D eigenvalue weighted by Gasteiger charge is -2.08. The van der Waals surface area contributed by atoms with Gasteiger partial charge in [-0.3, -0.25) is 0 Å². The van der Waals surface area contributed by atoms with Crippen molar-refractivity contribution in [3.05, 3.63) is 46.2 Å². The van der Waals surface area contributed by atoms with Crippen LogP contribution in [-0.2, 0) is 6.18 Å². The Morgan fingerprint density at radius 1 is 1.24 bits per heavy atom. The number of hydrogen-bond acceptors (Lipinski definition) is 2. The molecule has 0 amide bonds. The number of halogens is 4. The van der Waals surface area contributed by atoms with Crippen molar-refractivity contribution < 1.29 is 13.2 Å². The smallest absolute Gasteiger partial charge is 0.221 e. The quantitative estimate of drug-likeness (QED) is 0.830. The molecule has 0 saturated heterocycles. The molecule has 0 N–H and O–H groups in total. The Hall–Kier alpha value is -2.00. The number of benzene rings is 1. The molecule has 1 aromatic carbocycles. The number of aromatic nitrogens is 2. The van der Waals surface area contributed by atoms with Crippen molar-refractivity contribution >= 4 is 11.6 Å². The molecule has 1 saturated carbocycles. The van der Waals surface area contributed by atoms with Gasteiger partial charge in [0.25, 0.3) is 0 Å². The maximum absolute atomic E-state index is 12.5. The van der Waals surface area contributed by atoms with E-state index in [-0.39, 0.29) is 11.1 Å². The van der Waals surface area contributed by atoms with Gasteiger partial charge in [0.05, 0.1) is 16.9 Å². The SMILES string of the molecule is N#Cc1c(C2CC2)nn(-c2ccc(C(F)(F)F)cc2)c1Cl. The predicted octanol–water partition coefficient (Wildman–Crippen LogP) is 4.29. The zero-order valence-corrected chi connectivity index (χ0v) is 11.4. The summed E-state index contributed by atoms with van der Waals surface area (Å²) in [6.07, 6.45) is -2.48. The van der Waals surface area contributed by atoms with Crippen molar-refractivity contribution in [2.24, 2.45) is 0 Å². The standard InChI is InChI=1S/C14H9ClF3N3/c15-13-11(7-19)12(8-1-2-8)20-21(13)10-5-3-9(4-6-10)14(16,17)18/h3-6,8H,1-2H2. The molecule has 3 rings (SSSR count). The molecular weight excluding hydrogens is 303 g/mol. The summed E-state index contributed by atoms with van der Waals surface area (Å²) >= 11 is 6.12. The van der Waals surface area contributed by atoms with Gasteiger partial charge >= 0.3 is 6.18 Å². The van der Waals surface area contributed by atoms with Gasteiger partial charge in [0, 0.05) is 5.92 Å². The van der Waals surface area contributed by atoms with Crippen molar-refractivity contribution in [1.29, 1.82) is 5.26 Å². The molecule has 108 valence electrons. The molecule has 0 bridgehead atoms. The molecule has 1 heterocycles. The Labute approximate surface area is 123 Å². The molecule has 0 aliphatic heterocycles. The average molecular weight is 312 g/mol. The van der Waals surface area contributed by atoms with Crippen molar-refractivity contribution in [2.45, 2.75) is 24.9 Å². The minimum atomic E-state index is -4.39. The molecule has 0 atom stereocenters. The first-order chi connectivity index (χ1) is 9.91. The maximum Gasteiger partial charge on any atom is 0.416 e. The third-order valence-corrected chi connectivity index (χ3v) is 3.72. The summed E-state index contributed by atoms with van der Waals surface area (Å²) in [4.78, 5) is 0. The largest absolute Gasteiger partial charge is 0.416 e. The van der Waals surface area contributed by atoms with E-state index >= 15 is 0 Å². The van der Waals surface area contributed by atoms with Gasteiger partial charge in [0.15, 0.2) is 5.15 Å². The van der Waals surface area contributed by atoms with Crippen LogP contribution in [0.15, 0.2) is 24.3 Å². The zero-order chi connectivity index (χ0) is 15.2. The van der Waals surface area contributed by atoms with E-state index in [1.807, 2.05) is 6.07 Å². The molecule has 0 radical (unpaired) electrons. The first-order valence-electron chi connectivity index (χ1n) is 6.28. The lowest BCUT2D eigenvalue weighted by atomic mass is 10.2. The highest BCUT2D eigenvalue weighted by molar-refractivity contribution is 6.31. The second-order valence-corrected chi connectivity index (χ2v) is 5.25. The predicted molar refractivity (Wildman–Crippen MR) is 70.3 cm³/mol. The Morgan fingerprint density at radius 2 is 1.86 bits per heavy atom. The van der Waals surface area contributed by atoms with E-state index in [1.165, 1.54) is 16.8 Å². The van der Waals surface area contributed by atoms with Gasteiger partial charge in [-0.2, -0.15) is 23.5 Å². The minimum absolute atomic E-state index is 0.138. The Morgan fingerprint density at radius 3 is 2.33 bits per heavy atom. The molecular formula is C14H9ClF3N3. The van der Waals surface area contributed by atoms with Crippen LogP contribution in [0.1, 0.15) is 35.6 Å². The van der Waals surface area contributed by atoms with E-state index in [9.17, 15) is 13.2 Å². The molecule has 21 heavy (non-hydrogen) atoms. The van der Waals surface area contributed by atoms with Crippen LogP contribution >= 0.6 is 11.6 Å². The van der Waals surface area contributed by atoms with Crippen molar-refractivity contribution in [1.82, 2.24) is 9.78 Å². The molecule has 0 unspecified atom stereocenters. The van der Waals surface area contributed by atoms with E-state index < -0.39 is 11.7 Å². The lowest BCUT2D eigenvalue weighted by Crippen LogP contribution is -2.05. The van der Waals surface area contributed by atoms with Crippen molar-refractivity contribution in [3.63, 3.8) is 0 Å². The van der Waals surface area contributed by atoms with Gasteiger partial charge in [0.1, 0.15) is 11.6 Å². The molecule has 1 aliphatic rings. The van der Waals surface area contributed by atoms with Gasteiger partial charge < -0.3 is 0 Å². The molecule has 1 fully saturated rings. The monoisotopic (exact) mass is 311 g/mol. The van der Waals surface area contributed by atoms with Crippen LogP contribution in [0.5, 0.6) is 0 Å². The first kappa shape index (κ1) is 14.0. The summed E-state index contributed by atoms with van der Waals surface area (Å²) in [5, 5.41) is 13.6. The fourth-order valence-electron chi connectivity index (χ4n) is 2.12. The summed E-state index contributed by atoms with van der Waals surface area (Å²) in [6.45, 7) is 0. The molecule has 1 aromatic heterocycles. The van der Waals surface area contributed by atoms with Gasteiger partial charge in [0.2, 0.25) is 0 Å². The van der Waals surface area contributed by atoms with Crippen LogP contribution in [0.25, 0.3) is 5.69 Å². The van der Waals surface area contributed by atoms with Crippen LogP contribution in [-0.4, -0.2) is 9.78 Å². The molecule has 3 nitrogen and oxygen atoms in total. The maximum atomic E-state index is 12.5. The Bertz CT molecular complexity index is 722. The fourth-order valence-corrected chi connectivity index (χ4v) is 2.40. The van der Waals surface area contributed by atoms with E-state index in [0.717, 1.165) is 25.0 Å². The third-order valence-electron chi connectivity index (χ3n) is 3.37. The van der Waals surface area contributed by atoms with Crippen molar-refractivity contribution in [2.75, 3.05) is 0 Å². The van der Waals surface area contributed by atoms with E-state index in [2.05, 4.69) is 5.10 Å². The zero-order valence-electron chi connectivity index (χ0n) is 10.7. The normalized spacial score (nSPS) is 15.0. The van der Waals surface area contributed by atoms with Gasteiger partial charge in [-0.05, 0) is 37.1 Å². The summed E-state index contributed by atoms with van der Waals surface area (Å²) < 4.78 is 39.0. The number of alkyl halides is 3. The van der Waals surface area contributed by atoms with Gasteiger partial charge in [-0.25, -0.2) is 4.68 Å². The summed E-state index contributed by atoms with van der Waals surface area (Å²) in [6, 6.07) is 6.54. The Kier molecular flexibility index (Phi) is 3.18. The van der Waals surface area contributed by atoms with Gasteiger partial charge in [-0.15, -0.1) is 0 Å². The minimum Gasteiger partial charge on any atom is -0.221 e. The topological polar surface area (TPSA) is 41.6 Å².